The van der Waals surface area contributed by atoms with Gasteiger partial charge in [0.15, 0.2) is 0 Å². The van der Waals surface area contributed by atoms with Crippen molar-refractivity contribution in [2.24, 2.45) is 5.92 Å². The van der Waals surface area contributed by atoms with Crippen molar-refractivity contribution in [2.75, 3.05) is 0 Å². The van der Waals surface area contributed by atoms with Crippen LogP contribution >= 0.6 is 0 Å². The summed E-state index contributed by atoms with van der Waals surface area (Å²) in [5.41, 5.74) is 0.979. The summed E-state index contributed by atoms with van der Waals surface area (Å²) < 4.78 is 1.69. The zero-order valence-electron chi connectivity index (χ0n) is 9.32. The van der Waals surface area contributed by atoms with Crippen LogP contribution < -0.4 is 0 Å². The average molecular weight is 196 g/mol. The first kappa shape index (κ1) is 11.1. The Morgan fingerprint density at radius 2 is 2.21 bits per heavy atom. The molecule has 0 aliphatic carbocycles. The van der Waals surface area contributed by atoms with E-state index < -0.39 is 0 Å². The zero-order valence-corrected chi connectivity index (χ0v) is 9.32. The molecule has 0 aliphatic rings. The minimum atomic E-state index is 0.354. The summed E-state index contributed by atoms with van der Waals surface area (Å²) in [6.45, 7) is 7.17. The molecule has 0 saturated heterocycles. The van der Waals surface area contributed by atoms with Crippen LogP contribution in [0.25, 0.3) is 0 Å². The van der Waals surface area contributed by atoms with Gasteiger partial charge >= 0.3 is 0 Å². The van der Waals surface area contributed by atoms with Gasteiger partial charge in [0.05, 0.1) is 6.20 Å². The van der Waals surface area contributed by atoms with E-state index in [1.807, 2.05) is 0 Å². The highest BCUT2D eigenvalue weighted by Crippen LogP contribution is 2.19. The fourth-order valence-electron chi connectivity index (χ4n) is 1.44. The largest absolute Gasteiger partial charge is 0.493 e. The molecule has 0 radical (unpaired) electrons. The molecule has 0 atom stereocenters. The molecule has 1 heterocycles. The molecule has 0 bridgehead atoms. The van der Waals surface area contributed by atoms with E-state index >= 15 is 0 Å². The van der Waals surface area contributed by atoms with Gasteiger partial charge in [-0.25, -0.2) is 4.68 Å². The Balaban J connectivity index is 2.65. The topological polar surface area (TPSA) is 38.0 Å². The lowest BCUT2D eigenvalue weighted by molar-refractivity contribution is 0.368. The number of nitrogens with zero attached hydrogens (tertiary/aromatic N) is 2. The van der Waals surface area contributed by atoms with E-state index in [0.29, 0.717) is 11.8 Å². The lowest BCUT2D eigenvalue weighted by atomic mass is 10.1. The highest BCUT2D eigenvalue weighted by atomic mass is 16.3. The van der Waals surface area contributed by atoms with Gasteiger partial charge in [-0.2, -0.15) is 5.10 Å². The fourth-order valence-corrected chi connectivity index (χ4v) is 1.44. The minimum absolute atomic E-state index is 0.354. The second kappa shape index (κ2) is 5.03. The van der Waals surface area contributed by atoms with Gasteiger partial charge in [-0.05, 0) is 18.8 Å². The molecule has 0 amide bonds. The summed E-state index contributed by atoms with van der Waals surface area (Å²) in [4.78, 5) is 0. The summed E-state index contributed by atoms with van der Waals surface area (Å²) >= 11 is 0. The maximum absolute atomic E-state index is 9.80. The summed E-state index contributed by atoms with van der Waals surface area (Å²) in [6, 6.07) is 0. The van der Waals surface area contributed by atoms with E-state index in [9.17, 15) is 5.11 Å². The van der Waals surface area contributed by atoms with Gasteiger partial charge in [-0.1, -0.05) is 27.2 Å². The third-order valence-electron chi connectivity index (χ3n) is 2.22. The Bertz CT molecular complexity index is 279. The summed E-state index contributed by atoms with van der Waals surface area (Å²) in [7, 11) is 0. The van der Waals surface area contributed by atoms with Crippen LogP contribution in [0, 0.1) is 5.92 Å². The van der Waals surface area contributed by atoms with Gasteiger partial charge in [-0.15, -0.1) is 0 Å². The van der Waals surface area contributed by atoms with Gasteiger partial charge in [0.1, 0.15) is 0 Å². The van der Waals surface area contributed by atoms with E-state index in [4.69, 9.17) is 0 Å². The number of hydrogen-bond donors (Lipinski definition) is 1. The molecule has 0 saturated carbocycles. The Morgan fingerprint density at radius 3 is 2.79 bits per heavy atom. The Kier molecular flexibility index (Phi) is 3.98. The maximum atomic E-state index is 9.80. The summed E-state index contributed by atoms with van der Waals surface area (Å²) in [5, 5.41) is 14.0. The molecule has 3 heteroatoms. The smallest absolute Gasteiger partial charge is 0.212 e. The van der Waals surface area contributed by atoms with Gasteiger partial charge < -0.3 is 5.11 Å². The number of aromatic hydroxyl groups is 1. The molecule has 0 unspecified atom stereocenters. The van der Waals surface area contributed by atoms with E-state index in [-0.39, 0.29) is 0 Å². The SMILES string of the molecule is CCCCc1cnn(CC(C)C)c1O. The Labute approximate surface area is 85.8 Å². The van der Waals surface area contributed by atoms with Crippen molar-refractivity contribution in [1.29, 1.82) is 0 Å². The predicted molar refractivity (Wildman–Crippen MR) is 57.3 cm³/mol. The molecular formula is C11H20N2O. The normalized spacial score (nSPS) is 11.1. The van der Waals surface area contributed by atoms with Crippen molar-refractivity contribution in [3.8, 4) is 5.88 Å². The maximum Gasteiger partial charge on any atom is 0.212 e. The number of rotatable bonds is 5. The molecule has 80 valence electrons. The van der Waals surface area contributed by atoms with E-state index in [1.54, 1.807) is 10.9 Å². The van der Waals surface area contributed by atoms with Crippen LogP contribution in [-0.4, -0.2) is 14.9 Å². The monoisotopic (exact) mass is 196 g/mol. The van der Waals surface area contributed by atoms with E-state index in [1.165, 1.54) is 0 Å². The van der Waals surface area contributed by atoms with Crippen molar-refractivity contribution < 1.29 is 5.11 Å². The molecular weight excluding hydrogens is 176 g/mol. The van der Waals surface area contributed by atoms with Gasteiger partial charge in [0.2, 0.25) is 5.88 Å². The fraction of sp³-hybridized carbons (Fsp3) is 0.727. The predicted octanol–water partition coefficient (Wildman–Crippen LogP) is 2.59. The van der Waals surface area contributed by atoms with Crippen LogP contribution in [-0.2, 0) is 13.0 Å². The second-order valence-corrected chi connectivity index (χ2v) is 4.17. The molecule has 0 aromatic carbocycles. The molecule has 0 fully saturated rings. The summed E-state index contributed by atoms with van der Waals surface area (Å²) in [6.07, 6.45) is 4.98. The van der Waals surface area contributed by atoms with Crippen LogP contribution in [0.15, 0.2) is 6.20 Å². The third-order valence-corrected chi connectivity index (χ3v) is 2.22. The molecule has 1 rings (SSSR count). The van der Waals surface area contributed by atoms with E-state index in [2.05, 4.69) is 25.9 Å². The van der Waals surface area contributed by atoms with Crippen molar-refractivity contribution in [2.45, 2.75) is 46.6 Å². The highest BCUT2D eigenvalue weighted by Gasteiger charge is 2.09. The quantitative estimate of drug-likeness (QED) is 0.786. The highest BCUT2D eigenvalue weighted by molar-refractivity contribution is 5.22. The van der Waals surface area contributed by atoms with Crippen LogP contribution in [0.4, 0.5) is 0 Å². The van der Waals surface area contributed by atoms with Crippen molar-refractivity contribution in [1.82, 2.24) is 9.78 Å². The van der Waals surface area contributed by atoms with Gasteiger partial charge in [-0.3, -0.25) is 0 Å². The van der Waals surface area contributed by atoms with Gasteiger partial charge in [0.25, 0.3) is 0 Å². The van der Waals surface area contributed by atoms with Gasteiger partial charge in [0, 0.05) is 12.1 Å². The van der Waals surface area contributed by atoms with Crippen LogP contribution in [0.1, 0.15) is 39.2 Å². The molecule has 0 aliphatic heterocycles. The summed E-state index contributed by atoms with van der Waals surface area (Å²) in [5.74, 6) is 0.868. The van der Waals surface area contributed by atoms with Crippen molar-refractivity contribution >= 4 is 0 Å². The first-order valence-corrected chi connectivity index (χ1v) is 5.38. The van der Waals surface area contributed by atoms with Crippen LogP contribution in [0.2, 0.25) is 0 Å². The van der Waals surface area contributed by atoms with Crippen LogP contribution in [0.3, 0.4) is 0 Å². The van der Waals surface area contributed by atoms with Crippen molar-refractivity contribution in [3.05, 3.63) is 11.8 Å². The van der Waals surface area contributed by atoms with E-state index in [0.717, 1.165) is 31.4 Å². The average Bonchev–Trinajstić information content (AvgIpc) is 2.45. The standard InChI is InChI=1S/C11H20N2O/c1-4-5-6-10-7-12-13(11(10)14)8-9(2)3/h7,9,14H,4-6,8H2,1-3H3. The lowest BCUT2D eigenvalue weighted by Gasteiger charge is -2.06. The Hall–Kier alpha value is -0.990. The number of aryl methyl sites for hydroxylation is 1. The second-order valence-electron chi connectivity index (χ2n) is 4.17. The molecule has 0 spiro atoms. The molecule has 1 N–H and O–H groups in total. The first-order valence-electron chi connectivity index (χ1n) is 5.38. The third kappa shape index (κ3) is 2.76. The number of aromatic nitrogens is 2. The number of unbranched alkanes of at least 4 members (excludes halogenated alkanes) is 1. The number of hydrogen-bond acceptors (Lipinski definition) is 2. The Morgan fingerprint density at radius 1 is 1.50 bits per heavy atom. The molecule has 14 heavy (non-hydrogen) atoms. The first-order chi connectivity index (χ1) is 6.65. The lowest BCUT2D eigenvalue weighted by Crippen LogP contribution is -2.05. The molecule has 1 aromatic heterocycles. The molecule has 1 aromatic rings. The van der Waals surface area contributed by atoms with Crippen LogP contribution in [0.5, 0.6) is 5.88 Å². The van der Waals surface area contributed by atoms with Crippen molar-refractivity contribution in [3.63, 3.8) is 0 Å². The minimum Gasteiger partial charge on any atom is -0.493 e. The zero-order chi connectivity index (χ0) is 10.6. The molecule has 3 nitrogen and oxygen atoms in total.